The molecule has 0 atom stereocenters. The monoisotopic (exact) mass is 390 g/mol. The topological polar surface area (TPSA) is 98.0 Å². The first kappa shape index (κ1) is 15.6. The molecule has 108 valence electrons. The lowest BCUT2D eigenvalue weighted by molar-refractivity contribution is -0.384. The van der Waals surface area contributed by atoms with Crippen molar-refractivity contribution in [1.82, 2.24) is 9.97 Å². The Hall–Kier alpha value is -1.77. The number of hydrogen-bond donors (Lipinski definition) is 1. The van der Waals surface area contributed by atoms with Gasteiger partial charge in [-0.05, 0) is 22.0 Å². The average Bonchev–Trinajstić information content (AvgIpc) is 2.44. The van der Waals surface area contributed by atoms with Crippen molar-refractivity contribution in [2.45, 2.75) is 0 Å². The molecular weight excluding hydrogens is 387 g/mol. The van der Waals surface area contributed by atoms with E-state index in [1.807, 2.05) is 0 Å². The molecule has 2 aromatic rings. The molecule has 0 fully saturated rings. The van der Waals surface area contributed by atoms with Crippen LogP contribution in [0.15, 0.2) is 29.0 Å². The third-order valence-electron chi connectivity index (χ3n) is 2.38. The lowest BCUT2D eigenvalue weighted by Gasteiger charge is -2.07. The summed E-state index contributed by atoms with van der Waals surface area (Å²) in [4.78, 5) is 29.7. The van der Waals surface area contributed by atoms with Crippen molar-refractivity contribution in [2.75, 3.05) is 5.32 Å². The Balaban J connectivity index is 2.34. The number of carbonyl (C=O) groups excluding carboxylic acids is 1. The highest BCUT2D eigenvalue weighted by Crippen LogP contribution is 2.27. The predicted molar refractivity (Wildman–Crippen MR) is 80.8 cm³/mol. The maximum Gasteiger partial charge on any atom is 0.270 e. The van der Waals surface area contributed by atoms with Gasteiger partial charge in [0.25, 0.3) is 11.6 Å². The molecule has 0 aliphatic carbocycles. The molecule has 1 amide bonds. The van der Waals surface area contributed by atoms with Crippen LogP contribution in [0.3, 0.4) is 0 Å². The summed E-state index contributed by atoms with van der Waals surface area (Å²) >= 11 is 14.7. The molecule has 1 N–H and O–H groups in total. The predicted octanol–water partition coefficient (Wildman–Crippen LogP) is 3.71. The number of nitrogens with zero attached hydrogens (tertiary/aromatic N) is 3. The second-order valence-corrected chi connectivity index (χ2v) is 5.29. The first-order valence-corrected chi connectivity index (χ1v) is 6.86. The highest BCUT2D eigenvalue weighted by molar-refractivity contribution is 9.10. The number of benzene rings is 1. The Morgan fingerprint density at radius 2 is 2.05 bits per heavy atom. The van der Waals surface area contributed by atoms with Crippen molar-refractivity contribution in [2.24, 2.45) is 0 Å². The fraction of sp³-hybridized carbons (Fsp3) is 0. The number of non-ortho nitro benzene ring substituents is 1. The molecule has 10 heteroatoms. The molecule has 0 radical (unpaired) electrons. The smallest absolute Gasteiger partial charge is 0.270 e. The summed E-state index contributed by atoms with van der Waals surface area (Å²) in [5.41, 5.74) is -0.148. The number of aromatic nitrogens is 2. The minimum atomic E-state index is -0.623. The van der Waals surface area contributed by atoms with E-state index in [-0.39, 0.29) is 27.2 Å². The minimum absolute atomic E-state index is 0.0138. The number of nitro benzene ring substituents is 1. The molecular formula is C11H5BrCl2N4O3. The van der Waals surface area contributed by atoms with E-state index in [1.165, 1.54) is 12.1 Å². The van der Waals surface area contributed by atoms with Crippen molar-refractivity contribution in [3.63, 3.8) is 0 Å². The number of rotatable bonds is 3. The number of nitro groups is 1. The van der Waals surface area contributed by atoms with E-state index in [2.05, 4.69) is 31.2 Å². The van der Waals surface area contributed by atoms with Gasteiger partial charge in [0.1, 0.15) is 11.3 Å². The normalized spacial score (nSPS) is 10.2. The molecule has 0 saturated carbocycles. The van der Waals surface area contributed by atoms with Crippen LogP contribution < -0.4 is 5.32 Å². The molecule has 0 bridgehead atoms. The van der Waals surface area contributed by atoms with Gasteiger partial charge in [-0.2, -0.15) is 0 Å². The molecule has 0 aliphatic rings. The largest absolute Gasteiger partial charge is 0.305 e. The maximum atomic E-state index is 12.1. The standard InChI is InChI=1S/C11H5BrCl2N4O3/c12-7-2-1-5(18(20)21)3-6(7)11(19)17-10-8(13)9(14)15-4-16-10/h1-4H,(H,15,16,17,19). The van der Waals surface area contributed by atoms with Crippen LogP contribution in [0, 0.1) is 10.1 Å². The Labute approximate surface area is 136 Å². The summed E-state index contributed by atoms with van der Waals surface area (Å²) in [5, 5.41) is 13.1. The fourth-order valence-electron chi connectivity index (χ4n) is 1.41. The summed E-state index contributed by atoms with van der Waals surface area (Å²) in [5.74, 6) is -0.609. The molecule has 2 rings (SSSR count). The molecule has 0 unspecified atom stereocenters. The van der Waals surface area contributed by atoms with Gasteiger partial charge in [0, 0.05) is 16.6 Å². The average molecular weight is 392 g/mol. The van der Waals surface area contributed by atoms with E-state index < -0.39 is 10.8 Å². The van der Waals surface area contributed by atoms with Gasteiger partial charge in [-0.15, -0.1) is 0 Å². The van der Waals surface area contributed by atoms with Gasteiger partial charge in [-0.25, -0.2) is 9.97 Å². The second kappa shape index (κ2) is 6.33. The molecule has 0 aliphatic heterocycles. The zero-order valence-corrected chi connectivity index (χ0v) is 13.1. The van der Waals surface area contributed by atoms with Crippen LogP contribution in [-0.4, -0.2) is 20.8 Å². The van der Waals surface area contributed by atoms with E-state index in [0.29, 0.717) is 4.47 Å². The van der Waals surface area contributed by atoms with Crippen LogP contribution in [0.2, 0.25) is 10.2 Å². The third-order valence-corrected chi connectivity index (χ3v) is 3.82. The van der Waals surface area contributed by atoms with E-state index in [1.54, 1.807) is 0 Å². The van der Waals surface area contributed by atoms with Gasteiger partial charge in [0.15, 0.2) is 11.0 Å². The Morgan fingerprint density at radius 3 is 2.71 bits per heavy atom. The lowest BCUT2D eigenvalue weighted by atomic mass is 10.2. The van der Waals surface area contributed by atoms with Crippen molar-refractivity contribution < 1.29 is 9.72 Å². The number of hydrogen-bond acceptors (Lipinski definition) is 5. The summed E-state index contributed by atoms with van der Waals surface area (Å²) in [7, 11) is 0. The number of halogens is 3. The first-order chi connectivity index (χ1) is 9.90. The SMILES string of the molecule is O=C(Nc1ncnc(Cl)c1Cl)c1cc([N+](=O)[O-])ccc1Br. The van der Waals surface area contributed by atoms with Gasteiger partial charge in [0.05, 0.1) is 10.5 Å². The summed E-state index contributed by atoms with van der Waals surface area (Å²) < 4.78 is 0.391. The molecule has 7 nitrogen and oxygen atoms in total. The quantitative estimate of drug-likeness (QED) is 0.488. The van der Waals surface area contributed by atoms with Crippen LogP contribution in [0.4, 0.5) is 11.5 Å². The Morgan fingerprint density at radius 1 is 1.33 bits per heavy atom. The van der Waals surface area contributed by atoms with Crippen molar-refractivity contribution in [1.29, 1.82) is 0 Å². The molecule has 21 heavy (non-hydrogen) atoms. The van der Waals surface area contributed by atoms with Crippen molar-refractivity contribution >= 4 is 56.5 Å². The Bertz CT molecular complexity index is 741. The summed E-state index contributed by atoms with van der Waals surface area (Å²) in [6.07, 6.45) is 1.13. The van der Waals surface area contributed by atoms with E-state index >= 15 is 0 Å². The number of amides is 1. The highest BCUT2D eigenvalue weighted by atomic mass is 79.9. The van der Waals surface area contributed by atoms with Gasteiger partial charge in [0.2, 0.25) is 0 Å². The van der Waals surface area contributed by atoms with Gasteiger partial charge < -0.3 is 5.32 Å². The summed E-state index contributed by atoms with van der Waals surface area (Å²) in [6.45, 7) is 0. The van der Waals surface area contributed by atoms with Crippen LogP contribution in [-0.2, 0) is 0 Å². The molecule has 0 spiro atoms. The molecule has 0 saturated heterocycles. The fourth-order valence-corrected chi connectivity index (χ4v) is 2.12. The molecule has 1 aromatic heterocycles. The lowest BCUT2D eigenvalue weighted by Crippen LogP contribution is -2.14. The number of nitrogens with one attached hydrogen (secondary N) is 1. The zero-order valence-electron chi connectivity index (χ0n) is 10.0. The summed E-state index contributed by atoms with van der Waals surface area (Å²) in [6, 6.07) is 3.81. The maximum absolute atomic E-state index is 12.1. The zero-order chi connectivity index (χ0) is 15.6. The number of carbonyl (C=O) groups is 1. The van der Waals surface area contributed by atoms with Crippen LogP contribution in [0.1, 0.15) is 10.4 Å². The van der Waals surface area contributed by atoms with Crippen LogP contribution >= 0.6 is 39.1 Å². The third kappa shape index (κ3) is 3.46. The second-order valence-electron chi connectivity index (χ2n) is 3.70. The minimum Gasteiger partial charge on any atom is -0.305 e. The van der Waals surface area contributed by atoms with Crippen LogP contribution in [0.5, 0.6) is 0 Å². The van der Waals surface area contributed by atoms with Crippen molar-refractivity contribution in [3.05, 3.63) is 54.9 Å². The van der Waals surface area contributed by atoms with Gasteiger partial charge >= 0.3 is 0 Å². The van der Waals surface area contributed by atoms with Crippen LogP contribution in [0.25, 0.3) is 0 Å². The molecule has 1 aromatic carbocycles. The van der Waals surface area contributed by atoms with Gasteiger partial charge in [-0.1, -0.05) is 23.2 Å². The highest BCUT2D eigenvalue weighted by Gasteiger charge is 2.18. The van der Waals surface area contributed by atoms with Crippen molar-refractivity contribution in [3.8, 4) is 0 Å². The van der Waals surface area contributed by atoms with E-state index in [0.717, 1.165) is 12.4 Å². The first-order valence-electron chi connectivity index (χ1n) is 5.31. The number of anilines is 1. The Kier molecular flexibility index (Phi) is 4.71. The van der Waals surface area contributed by atoms with E-state index in [9.17, 15) is 14.9 Å². The molecule has 1 heterocycles. The van der Waals surface area contributed by atoms with E-state index in [4.69, 9.17) is 23.2 Å². The van der Waals surface area contributed by atoms with Gasteiger partial charge in [-0.3, -0.25) is 14.9 Å².